The fourth-order valence-electron chi connectivity index (χ4n) is 4.59. The number of hydrogen-bond acceptors (Lipinski definition) is 6. The van der Waals surface area contributed by atoms with Gasteiger partial charge in [-0.05, 0) is 55.7 Å². The summed E-state index contributed by atoms with van der Waals surface area (Å²) in [5, 5.41) is 17.1. The molecule has 3 amide bonds. The van der Waals surface area contributed by atoms with E-state index in [2.05, 4.69) is 15.6 Å². The molecule has 0 aliphatic carbocycles. The monoisotopic (exact) mass is 535 g/mol. The largest absolute Gasteiger partial charge is 0.381 e. The van der Waals surface area contributed by atoms with Crippen LogP contribution in [0.4, 0.5) is 0 Å². The quantitative estimate of drug-likeness (QED) is 0.387. The zero-order valence-corrected chi connectivity index (χ0v) is 22.5. The van der Waals surface area contributed by atoms with Crippen molar-refractivity contribution in [1.29, 1.82) is 0 Å². The Morgan fingerprint density at radius 3 is 2.45 bits per heavy atom. The van der Waals surface area contributed by atoms with Gasteiger partial charge >= 0.3 is 0 Å². The third-order valence-corrected chi connectivity index (χ3v) is 8.09. The molecule has 9 nitrogen and oxygen atoms in total. The molecule has 4 rings (SSSR count). The minimum Gasteiger partial charge on any atom is -0.381 e. The number of carbonyl (C=O) groups excluding carboxylic acids is 3. The molecule has 0 spiro atoms. The highest BCUT2D eigenvalue weighted by Crippen LogP contribution is 2.40. The van der Waals surface area contributed by atoms with Gasteiger partial charge in [0.2, 0.25) is 5.91 Å². The summed E-state index contributed by atoms with van der Waals surface area (Å²) < 4.78 is 1.10. The highest BCUT2D eigenvalue weighted by Gasteiger charge is 2.49. The number of aryl methyl sites for hydroxylation is 1. The molecule has 1 aliphatic rings. The van der Waals surface area contributed by atoms with E-state index in [1.807, 2.05) is 56.3 Å². The molecule has 38 heavy (non-hydrogen) atoms. The maximum Gasteiger partial charge on any atom is 0.268 e. The van der Waals surface area contributed by atoms with Crippen molar-refractivity contribution in [2.75, 3.05) is 5.88 Å². The van der Waals surface area contributed by atoms with Gasteiger partial charge in [-0.1, -0.05) is 30.3 Å². The van der Waals surface area contributed by atoms with E-state index >= 15 is 0 Å². The minimum atomic E-state index is -1.55. The Hall–Kier alpha value is -3.63. The number of aliphatic hydroxyl groups is 1. The molecule has 1 saturated heterocycles. The van der Waals surface area contributed by atoms with E-state index in [0.29, 0.717) is 12.2 Å². The molecule has 3 aromatic rings. The lowest BCUT2D eigenvalue weighted by Gasteiger charge is -2.33. The Balaban J connectivity index is 1.53. The molecule has 3 N–H and O–H groups in total. The van der Waals surface area contributed by atoms with Gasteiger partial charge in [0.1, 0.15) is 11.7 Å². The van der Waals surface area contributed by atoms with Crippen LogP contribution in [-0.2, 0) is 29.6 Å². The maximum atomic E-state index is 13.7. The van der Waals surface area contributed by atoms with E-state index in [4.69, 9.17) is 0 Å². The number of hydrogen-bond donors (Lipinski definition) is 3. The topological polar surface area (TPSA) is 117 Å². The number of rotatable bonds is 9. The number of nitrogens with one attached hydrogen (secondary N) is 2. The number of pyridine rings is 1. The Bertz CT molecular complexity index is 1260. The van der Waals surface area contributed by atoms with Gasteiger partial charge in [0.25, 0.3) is 11.8 Å². The molecule has 0 radical (unpaired) electrons. The predicted molar refractivity (Wildman–Crippen MR) is 146 cm³/mol. The Morgan fingerprint density at radius 2 is 1.79 bits per heavy atom. The molecule has 0 saturated carbocycles. The highest BCUT2D eigenvalue weighted by molar-refractivity contribution is 8.00. The third-order valence-electron chi connectivity index (χ3n) is 6.72. The molecule has 1 aliphatic heterocycles. The van der Waals surface area contributed by atoms with Gasteiger partial charge in [0.15, 0.2) is 6.10 Å². The minimum absolute atomic E-state index is 0.243. The number of amides is 3. The van der Waals surface area contributed by atoms with E-state index < -0.39 is 34.7 Å². The number of benzene rings is 1. The number of aromatic nitrogens is 2. The van der Waals surface area contributed by atoms with Crippen molar-refractivity contribution in [3.63, 3.8) is 0 Å². The number of carbonyl (C=O) groups is 3. The average molecular weight is 536 g/mol. The van der Waals surface area contributed by atoms with Gasteiger partial charge in [0, 0.05) is 36.9 Å². The van der Waals surface area contributed by atoms with Crippen LogP contribution in [0, 0.1) is 0 Å². The van der Waals surface area contributed by atoms with Crippen LogP contribution in [0.25, 0.3) is 0 Å². The van der Waals surface area contributed by atoms with Gasteiger partial charge in [-0.3, -0.25) is 19.4 Å². The summed E-state index contributed by atoms with van der Waals surface area (Å²) in [4.78, 5) is 45.5. The Labute approximate surface area is 226 Å². The standard InChI is InChI=1S/C28H33N5O4S/c1-28(2)24(26(36)30-17-20-11-13-29-14-12-20)33(18-38-28)27(37)23(34)21(16-19-8-5-4-6-9-19)31-25(35)22-10-7-15-32(22)3/h4-15,21,23-24,34H,16-18H2,1-3H3,(H,30,36)(H,31,35). The second-order valence-electron chi connectivity index (χ2n) is 9.88. The lowest BCUT2D eigenvalue weighted by Crippen LogP contribution is -2.58. The van der Waals surface area contributed by atoms with Crippen LogP contribution in [0.1, 0.15) is 35.5 Å². The SMILES string of the molecule is Cn1cccc1C(=O)NC(Cc1ccccc1)C(O)C(=O)N1CSC(C)(C)C1C(=O)NCc1ccncc1. The fraction of sp³-hybridized carbons (Fsp3) is 0.357. The molecule has 10 heteroatoms. The summed E-state index contributed by atoms with van der Waals surface area (Å²) >= 11 is 1.47. The van der Waals surface area contributed by atoms with Crippen LogP contribution < -0.4 is 10.6 Å². The number of nitrogens with zero attached hydrogens (tertiary/aromatic N) is 3. The van der Waals surface area contributed by atoms with Crippen LogP contribution in [0.5, 0.6) is 0 Å². The van der Waals surface area contributed by atoms with Crippen molar-refractivity contribution in [1.82, 2.24) is 25.1 Å². The first-order valence-electron chi connectivity index (χ1n) is 12.4. The maximum absolute atomic E-state index is 13.7. The van der Waals surface area contributed by atoms with Gasteiger partial charge in [-0.2, -0.15) is 0 Å². The fourth-order valence-corrected chi connectivity index (χ4v) is 5.73. The van der Waals surface area contributed by atoms with E-state index in [0.717, 1.165) is 11.1 Å². The van der Waals surface area contributed by atoms with Crippen LogP contribution in [0.3, 0.4) is 0 Å². The normalized spacial score (nSPS) is 18.0. The van der Waals surface area contributed by atoms with Crippen LogP contribution in [-0.4, -0.2) is 66.1 Å². The van der Waals surface area contributed by atoms with E-state index in [9.17, 15) is 19.5 Å². The molecule has 1 aromatic carbocycles. The molecule has 1 fully saturated rings. The van der Waals surface area contributed by atoms with Crippen LogP contribution in [0.15, 0.2) is 73.2 Å². The van der Waals surface area contributed by atoms with E-state index in [1.165, 1.54) is 16.7 Å². The lowest BCUT2D eigenvalue weighted by atomic mass is 9.97. The number of thioether (sulfide) groups is 1. The molecule has 3 atom stereocenters. The van der Waals surface area contributed by atoms with E-state index in [1.54, 1.807) is 42.3 Å². The molecule has 2 aromatic heterocycles. The van der Waals surface area contributed by atoms with Crippen molar-refractivity contribution in [3.05, 3.63) is 90.0 Å². The first-order chi connectivity index (χ1) is 18.2. The summed E-state index contributed by atoms with van der Waals surface area (Å²) in [6.07, 6.45) is 3.75. The smallest absolute Gasteiger partial charge is 0.268 e. The zero-order chi connectivity index (χ0) is 27.3. The van der Waals surface area contributed by atoms with Crippen molar-refractivity contribution in [2.45, 2.75) is 49.7 Å². The number of aliphatic hydroxyl groups excluding tert-OH is 1. The highest BCUT2D eigenvalue weighted by atomic mass is 32.2. The van der Waals surface area contributed by atoms with Crippen LogP contribution in [0.2, 0.25) is 0 Å². The molecular formula is C28H33N5O4S. The average Bonchev–Trinajstić information content (AvgIpc) is 3.49. The lowest BCUT2D eigenvalue weighted by molar-refractivity contribution is -0.147. The summed E-state index contributed by atoms with van der Waals surface area (Å²) in [6.45, 7) is 4.12. The van der Waals surface area contributed by atoms with Gasteiger partial charge in [-0.25, -0.2) is 0 Å². The Kier molecular flexibility index (Phi) is 8.53. The summed E-state index contributed by atoms with van der Waals surface area (Å²) in [5.41, 5.74) is 2.16. The molecule has 3 unspecified atom stereocenters. The molecule has 3 heterocycles. The van der Waals surface area contributed by atoms with Crippen molar-refractivity contribution >= 4 is 29.5 Å². The predicted octanol–water partition coefficient (Wildman–Crippen LogP) is 2.12. The van der Waals surface area contributed by atoms with E-state index in [-0.39, 0.29) is 18.2 Å². The van der Waals surface area contributed by atoms with Crippen molar-refractivity contribution < 1.29 is 19.5 Å². The van der Waals surface area contributed by atoms with Gasteiger partial charge < -0.3 is 25.2 Å². The van der Waals surface area contributed by atoms with Gasteiger partial charge in [0.05, 0.1) is 11.9 Å². The second kappa shape index (κ2) is 11.8. The summed E-state index contributed by atoms with van der Waals surface area (Å²) in [5.74, 6) is -1.04. The molecule has 200 valence electrons. The molecule has 0 bridgehead atoms. The first-order valence-corrected chi connectivity index (χ1v) is 13.4. The molecular weight excluding hydrogens is 502 g/mol. The Morgan fingerprint density at radius 1 is 1.08 bits per heavy atom. The third kappa shape index (κ3) is 6.25. The summed E-state index contributed by atoms with van der Waals surface area (Å²) in [7, 11) is 1.75. The van der Waals surface area contributed by atoms with Crippen molar-refractivity contribution in [3.8, 4) is 0 Å². The second-order valence-corrected chi connectivity index (χ2v) is 11.5. The van der Waals surface area contributed by atoms with Gasteiger partial charge in [-0.15, -0.1) is 11.8 Å². The van der Waals surface area contributed by atoms with Crippen molar-refractivity contribution in [2.24, 2.45) is 7.05 Å². The zero-order valence-electron chi connectivity index (χ0n) is 21.7. The summed E-state index contributed by atoms with van der Waals surface area (Å²) in [6, 6.07) is 14.7. The first kappa shape index (κ1) is 27.4. The van der Waals surface area contributed by atoms with Crippen LogP contribution >= 0.6 is 11.8 Å².